The predicted octanol–water partition coefficient (Wildman–Crippen LogP) is 3.74. The van der Waals surface area contributed by atoms with Crippen LogP contribution in [0.15, 0.2) is 30.3 Å². The fraction of sp³-hybridized carbons (Fsp3) is 0.640. The van der Waals surface area contributed by atoms with Gasteiger partial charge in [-0.25, -0.2) is 4.79 Å². The molecule has 1 saturated carbocycles. The Balaban J connectivity index is 1.58. The van der Waals surface area contributed by atoms with Crippen molar-refractivity contribution in [1.82, 2.24) is 15.5 Å². The summed E-state index contributed by atoms with van der Waals surface area (Å²) in [4.78, 5) is 27.8. The van der Waals surface area contributed by atoms with Gasteiger partial charge in [0.2, 0.25) is 0 Å². The number of ether oxygens (including phenoxy) is 1. The van der Waals surface area contributed by atoms with E-state index in [0.29, 0.717) is 32.0 Å². The lowest BCUT2D eigenvalue weighted by atomic mass is 9.94. The van der Waals surface area contributed by atoms with Gasteiger partial charge in [-0.2, -0.15) is 5.26 Å². The highest BCUT2D eigenvalue weighted by molar-refractivity contribution is 5.84. The molecule has 1 aliphatic heterocycles. The molecule has 0 radical (unpaired) electrons. The smallest absolute Gasteiger partial charge is 0.408 e. The van der Waals surface area contributed by atoms with Crippen molar-refractivity contribution >= 4 is 12.0 Å². The highest BCUT2D eigenvalue weighted by Gasteiger charge is 2.43. The van der Waals surface area contributed by atoms with Crippen molar-refractivity contribution < 1.29 is 14.3 Å². The third-order valence-electron chi connectivity index (χ3n) is 6.47. The summed E-state index contributed by atoms with van der Waals surface area (Å²) in [6.45, 7) is 5.63. The Labute approximate surface area is 191 Å². The molecule has 7 nitrogen and oxygen atoms in total. The van der Waals surface area contributed by atoms with Crippen LogP contribution in [0.2, 0.25) is 0 Å². The molecule has 3 rings (SSSR count). The number of likely N-dealkylation sites (tertiary alicyclic amines) is 1. The van der Waals surface area contributed by atoms with Crippen LogP contribution >= 0.6 is 0 Å². The SMILES string of the molecule is CC(C)CC(OC(=O)NCc1ccccc1)C(=O)NC1(C#N)CCN(C2CCCCC2)C1. The molecule has 2 N–H and O–H groups in total. The van der Waals surface area contributed by atoms with Crippen LogP contribution in [0.25, 0.3) is 0 Å². The number of nitrogens with one attached hydrogen (secondary N) is 2. The van der Waals surface area contributed by atoms with Gasteiger partial charge in [-0.15, -0.1) is 0 Å². The van der Waals surface area contributed by atoms with E-state index >= 15 is 0 Å². The van der Waals surface area contributed by atoms with Crippen molar-refractivity contribution in [2.45, 2.75) is 83.0 Å². The molecular weight excluding hydrogens is 404 g/mol. The summed E-state index contributed by atoms with van der Waals surface area (Å²) in [7, 11) is 0. The first kappa shape index (κ1) is 24.1. The second-order valence-electron chi connectivity index (χ2n) is 9.56. The van der Waals surface area contributed by atoms with Crippen molar-refractivity contribution in [2.75, 3.05) is 13.1 Å². The van der Waals surface area contributed by atoms with E-state index in [1.54, 1.807) is 0 Å². The molecule has 2 aliphatic rings. The van der Waals surface area contributed by atoms with Gasteiger partial charge in [0.25, 0.3) is 5.91 Å². The van der Waals surface area contributed by atoms with Crippen LogP contribution in [0, 0.1) is 17.2 Å². The van der Waals surface area contributed by atoms with Gasteiger partial charge in [-0.05, 0) is 37.2 Å². The molecule has 2 amide bonds. The molecule has 1 saturated heterocycles. The summed E-state index contributed by atoms with van der Waals surface area (Å²) in [6.07, 6.45) is 5.51. The lowest BCUT2D eigenvalue weighted by Crippen LogP contribution is -2.54. The van der Waals surface area contributed by atoms with Crippen molar-refractivity contribution in [3.8, 4) is 6.07 Å². The van der Waals surface area contributed by atoms with Gasteiger partial charge in [-0.1, -0.05) is 63.4 Å². The number of rotatable bonds is 8. The quantitative estimate of drug-likeness (QED) is 0.642. The first-order valence-corrected chi connectivity index (χ1v) is 11.9. The van der Waals surface area contributed by atoms with E-state index in [2.05, 4.69) is 21.6 Å². The minimum Gasteiger partial charge on any atom is -0.436 e. The maximum Gasteiger partial charge on any atom is 0.408 e. The van der Waals surface area contributed by atoms with E-state index in [0.717, 1.165) is 24.9 Å². The summed E-state index contributed by atoms with van der Waals surface area (Å²) < 4.78 is 5.50. The first-order valence-electron chi connectivity index (χ1n) is 11.9. The molecule has 2 unspecified atom stereocenters. The van der Waals surface area contributed by atoms with E-state index < -0.39 is 17.7 Å². The Hall–Kier alpha value is -2.59. The fourth-order valence-corrected chi connectivity index (χ4v) is 4.71. The van der Waals surface area contributed by atoms with Crippen LogP contribution in [0.5, 0.6) is 0 Å². The number of hydrogen-bond donors (Lipinski definition) is 2. The van der Waals surface area contributed by atoms with Crippen LogP contribution < -0.4 is 10.6 Å². The second-order valence-corrected chi connectivity index (χ2v) is 9.56. The average Bonchev–Trinajstić information content (AvgIpc) is 3.23. The fourth-order valence-electron chi connectivity index (χ4n) is 4.71. The van der Waals surface area contributed by atoms with Crippen LogP contribution in [0.4, 0.5) is 4.79 Å². The average molecular weight is 441 g/mol. The lowest BCUT2D eigenvalue weighted by molar-refractivity contribution is -0.131. The highest BCUT2D eigenvalue weighted by atomic mass is 16.6. The Morgan fingerprint density at radius 1 is 1.22 bits per heavy atom. The molecule has 0 aromatic heterocycles. The molecule has 7 heteroatoms. The number of hydrogen-bond acceptors (Lipinski definition) is 5. The van der Waals surface area contributed by atoms with Crippen molar-refractivity contribution in [1.29, 1.82) is 5.26 Å². The molecule has 1 heterocycles. The molecular formula is C25H36N4O3. The van der Waals surface area contributed by atoms with Gasteiger partial charge in [0, 0.05) is 25.7 Å². The summed E-state index contributed by atoms with van der Waals surface area (Å²) in [6, 6.07) is 12.4. The van der Waals surface area contributed by atoms with Gasteiger partial charge >= 0.3 is 6.09 Å². The molecule has 1 aliphatic carbocycles. The minimum atomic E-state index is -0.931. The van der Waals surface area contributed by atoms with Crippen molar-refractivity contribution in [3.63, 3.8) is 0 Å². The van der Waals surface area contributed by atoms with Crippen LogP contribution in [0.1, 0.15) is 64.4 Å². The maximum absolute atomic E-state index is 13.1. The highest BCUT2D eigenvalue weighted by Crippen LogP contribution is 2.30. The Morgan fingerprint density at radius 2 is 1.94 bits per heavy atom. The van der Waals surface area contributed by atoms with E-state index in [-0.39, 0.29) is 11.8 Å². The first-order chi connectivity index (χ1) is 15.4. The summed E-state index contributed by atoms with van der Waals surface area (Å²) in [5.41, 5.74) is 0.0275. The monoisotopic (exact) mass is 440 g/mol. The van der Waals surface area contributed by atoms with Crippen molar-refractivity contribution in [2.24, 2.45) is 5.92 Å². The molecule has 0 spiro atoms. The minimum absolute atomic E-state index is 0.160. The Kier molecular flexibility index (Phi) is 8.52. The van der Waals surface area contributed by atoms with Gasteiger partial charge < -0.3 is 15.4 Å². The number of benzene rings is 1. The maximum atomic E-state index is 13.1. The molecule has 0 bridgehead atoms. The molecule has 1 aromatic carbocycles. The number of carbonyl (C=O) groups excluding carboxylic acids is 2. The predicted molar refractivity (Wildman–Crippen MR) is 123 cm³/mol. The molecule has 1 aromatic rings. The summed E-state index contributed by atoms with van der Waals surface area (Å²) >= 11 is 0. The van der Waals surface area contributed by atoms with Crippen molar-refractivity contribution in [3.05, 3.63) is 35.9 Å². The number of amides is 2. The van der Waals surface area contributed by atoms with E-state index in [1.807, 2.05) is 44.2 Å². The molecule has 174 valence electrons. The third kappa shape index (κ3) is 6.70. The topological polar surface area (TPSA) is 94.5 Å². The zero-order chi connectivity index (χ0) is 23.0. The third-order valence-corrected chi connectivity index (χ3v) is 6.47. The largest absolute Gasteiger partial charge is 0.436 e. The van der Waals surface area contributed by atoms with Gasteiger partial charge in [0.1, 0.15) is 5.54 Å². The van der Waals surface area contributed by atoms with Crippen LogP contribution in [0.3, 0.4) is 0 Å². The van der Waals surface area contributed by atoms with E-state index in [1.165, 1.54) is 19.3 Å². The van der Waals surface area contributed by atoms with Gasteiger partial charge in [-0.3, -0.25) is 9.69 Å². The molecule has 2 fully saturated rings. The second kappa shape index (κ2) is 11.3. The van der Waals surface area contributed by atoms with E-state index in [4.69, 9.17) is 4.74 Å². The number of nitrogens with zero attached hydrogens (tertiary/aromatic N) is 2. The van der Waals surface area contributed by atoms with Gasteiger partial charge in [0.05, 0.1) is 6.07 Å². The molecule has 2 atom stereocenters. The zero-order valence-corrected chi connectivity index (χ0v) is 19.3. The Bertz CT molecular complexity index is 801. The zero-order valence-electron chi connectivity index (χ0n) is 19.3. The van der Waals surface area contributed by atoms with Crippen LogP contribution in [-0.2, 0) is 16.1 Å². The number of alkyl carbamates (subject to hydrolysis) is 1. The van der Waals surface area contributed by atoms with Crippen LogP contribution in [-0.4, -0.2) is 47.7 Å². The normalized spacial score (nSPS) is 22.8. The van der Waals surface area contributed by atoms with Gasteiger partial charge in [0.15, 0.2) is 6.10 Å². The lowest BCUT2D eigenvalue weighted by Gasteiger charge is -2.32. The summed E-state index contributed by atoms with van der Waals surface area (Å²) in [5.74, 6) is -0.228. The Morgan fingerprint density at radius 3 is 2.59 bits per heavy atom. The van der Waals surface area contributed by atoms with E-state index in [9.17, 15) is 14.9 Å². The number of nitriles is 1. The number of carbonyl (C=O) groups is 2. The standard InChI is InChI=1S/C25H36N4O3/c1-19(2)15-22(32-24(31)27-16-20-9-5-3-6-10-20)23(30)28-25(17-26)13-14-29(18-25)21-11-7-4-8-12-21/h3,5-6,9-10,19,21-22H,4,7-8,11-16,18H2,1-2H3,(H,27,31)(H,28,30). The molecule has 32 heavy (non-hydrogen) atoms. The summed E-state index contributed by atoms with van der Waals surface area (Å²) in [5, 5.41) is 15.6.